The molecule has 2 aliphatic heterocycles. The fraction of sp³-hybridized carbons (Fsp3) is 0.333. The average Bonchev–Trinajstić information content (AvgIpc) is 2.90. The Labute approximate surface area is 180 Å². The summed E-state index contributed by atoms with van der Waals surface area (Å²) in [6, 6.07) is 7.88. The first-order chi connectivity index (χ1) is 14.1. The quantitative estimate of drug-likeness (QED) is 0.704. The van der Waals surface area contributed by atoms with Gasteiger partial charge in [0, 0.05) is 21.2 Å². The first-order valence-corrected chi connectivity index (χ1v) is 10.1. The second kappa shape index (κ2) is 7.55. The molecule has 0 aliphatic carbocycles. The normalized spacial score (nSPS) is 18.0. The maximum Gasteiger partial charge on any atom is 0.416 e. The molecule has 1 saturated heterocycles. The lowest BCUT2D eigenvalue weighted by Gasteiger charge is -2.41. The number of carbonyl (C=O) groups is 2. The van der Waals surface area contributed by atoms with Gasteiger partial charge in [-0.25, -0.2) is 0 Å². The summed E-state index contributed by atoms with van der Waals surface area (Å²) in [6.45, 7) is 1.07. The van der Waals surface area contributed by atoms with Gasteiger partial charge in [0.1, 0.15) is 0 Å². The van der Waals surface area contributed by atoms with Gasteiger partial charge in [-0.2, -0.15) is 13.2 Å². The Hall–Kier alpha value is -2.09. The van der Waals surface area contributed by atoms with E-state index in [9.17, 15) is 22.8 Å². The largest absolute Gasteiger partial charge is 0.416 e. The first-order valence-electron chi connectivity index (χ1n) is 9.38. The highest BCUT2D eigenvalue weighted by atomic mass is 35.5. The Morgan fingerprint density at radius 1 is 1.13 bits per heavy atom. The van der Waals surface area contributed by atoms with Gasteiger partial charge >= 0.3 is 6.18 Å². The minimum atomic E-state index is -4.60. The molecule has 2 heterocycles. The van der Waals surface area contributed by atoms with Crippen LogP contribution in [-0.4, -0.2) is 29.8 Å². The molecule has 0 aromatic heterocycles. The fourth-order valence-electron chi connectivity index (χ4n) is 4.50. The van der Waals surface area contributed by atoms with Crippen LogP contribution in [0.3, 0.4) is 0 Å². The van der Waals surface area contributed by atoms with Crippen LogP contribution in [0, 0.1) is 0 Å². The van der Waals surface area contributed by atoms with E-state index in [1.54, 1.807) is 0 Å². The van der Waals surface area contributed by atoms with Gasteiger partial charge in [-0.1, -0.05) is 41.4 Å². The smallest absolute Gasteiger partial charge is 0.317 e. The van der Waals surface area contributed by atoms with Crippen molar-refractivity contribution in [3.63, 3.8) is 0 Å². The van der Waals surface area contributed by atoms with E-state index in [-0.39, 0.29) is 21.2 Å². The Morgan fingerprint density at radius 2 is 1.80 bits per heavy atom. The van der Waals surface area contributed by atoms with Crippen molar-refractivity contribution >= 4 is 35.0 Å². The number of rotatable bonds is 2. The molecule has 158 valence electrons. The number of fused-ring (bicyclic) bond motifs is 2. The van der Waals surface area contributed by atoms with Gasteiger partial charge in [-0.05, 0) is 49.7 Å². The maximum absolute atomic E-state index is 13.4. The van der Waals surface area contributed by atoms with Gasteiger partial charge in [-0.3, -0.25) is 14.5 Å². The van der Waals surface area contributed by atoms with Gasteiger partial charge in [0.05, 0.1) is 17.5 Å². The van der Waals surface area contributed by atoms with Gasteiger partial charge < -0.3 is 5.32 Å². The zero-order valence-electron chi connectivity index (χ0n) is 15.7. The summed E-state index contributed by atoms with van der Waals surface area (Å²) in [5.74, 6) is -1.27. The van der Waals surface area contributed by atoms with Crippen molar-refractivity contribution in [1.29, 1.82) is 0 Å². The van der Waals surface area contributed by atoms with E-state index >= 15 is 0 Å². The van der Waals surface area contributed by atoms with E-state index in [4.69, 9.17) is 23.2 Å². The fourth-order valence-corrected chi connectivity index (χ4v) is 5.17. The van der Waals surface area contributed by atoms with Crippen LogP contribution in [0.25, 0.3) is 0 Å². The van der Waals surface area contributed by atoms with Gasteiger partial charge in [0.2, 0.25) is 5.91 Å². The lowest BCUT2D eigenvalue weighted by molar-refractivity contribution is -0.139. The van der Waals surface area contributed by atoms with E-state index in [0.29, 0.717) is 31.5 Å². The molecule has 0 bridgehead atoms. The zero-order chi connectivity index (χ0) is 21.7. The van der Waals surface area contributed by atoms with Crippen LogP contribution >= 0.6 is 23.2 Å². The molecule has 9 heteroatoms. The SMILES string of the molecule is O=C(Cc1ccccc1C(F)(F)F)N1C(=O)c2cc(Cl)cc(Cl)c2C12CCNCC2. The number of alkyl halides is 3. The lowest BCUT2D eigenvalue weighted by Crippen LogP contribution is -2.53. The summed E-state index contributed by atoms with van der Waals surface area (Å²) in [5.41, 5.74) is -1.30. The van der Waals surface area contributed by atoms with Crippen molar-refractivity contribution in [3.8, 4) is 0 Å². The Bertz CT molecular complexity index is 1030. The van der Waals surface area contributed by atoms with Gasteiger partial charge in [0.25, 0.3) is 5.91 Å². The van der Waals surface area contributed by atoms with E-state index in [2.05, 4.69) is 5.32 Å². The average molecular weight is 457 g/mol. The van der Waals surface area contributed by atoms with E-state index in [1.807, 2.05) is 0 Å². The van der Waals surface area contributed by atoms with Crippen molar-refractivity contribution < 1.29 is 22.8 Å². The predicted molar refractivity (Wildman–Crippen MR) is 107 cm³/mol. The minimum Gasteiger partial charge on any atom is -0.317 e. The number of imide groups is 1. The molecule has 0 atom stereocenters. The summed E-state index contributed by atoms with van der Waals surface area (Å²) >= 11 is 12.5. The van der Waals surface area contributed by atoms with E-state index < -0.39 is 35.5 Å². The zero-order valence-corrected chi connectivity index (χ0v) is 17.2. The molecule has 0 unspecified atom stereocenters. The third kappa shape index (κ3) is 3.39. The molecule has 30 heavy (non-hydrogen) atoms. The molecule has 4 rings (SSSR count). The number of benzene rings is 2. The standard InChI is InChI=1S/C21H17Cl2F3N2O2/c22-13-10-14-18(16(23)11-13)20(5-7-27-8-6-20)28(19(14)30)17(29)9-12-3-1-2-4-15(12)21(24,25)26/h1-4,10-11,27H,5-9H2. The van der Waals surface area contributed by atoms with E-state index in [0.717, 1.165) is 11.0 Å². The molecule has 2 aromatic carbocycles. The molecule has 1 N–H and O–H groups in total. The molecule has 0 radical (unpaired) electrons. The monoisotopic (exact) mass is 456 g/mol. The molecule has 2 amide bonds. The number of nitrogens with one attached hydrogen (secondary N) is 1. The Morgan fingerprint density at radius 3 is 2.47 bits per heavy atom. The molecular weight excluding hydrogens is 440 g/mol. The van der Waals surface area contributed by atoms with Gasteiger partial charge in [-0.15, -0.1) is 0 Å². The number of amides is 2. The van der Waals surface area contributed by atoms with Crippen molar-refractivity contribution in [1.82, 2.24) is 10.2 Å². The third-order valence-electron chi connectivity index (χ3n) is 5.73. The van der Waals surface area contributed by atoms with Crippen LogP contribution in [0.4, 0.5) is 13.2 Å². The van der Waals surface area contributed by atoms with Crippen LogP contribution in [0.2, 0.25) is 10.0 Å². The molecule has 2 aromatic rings. The molecule has 1 fully saturated rings. The van der Waals surface area contributed by atoms with Crippen molar-refractivity contribution in [3.05, 3.63) is 68.7 Å². The van der Waals surface area contributed by atoms with Crippen molar-refractivity contribution in [2.75, 3.05) is 13.1 Å². The van der Waals surface area contributed by atoms with Crippen LogP contribution < -0.4 is 5.32 Å². The summed E-state index contributed by atoms with van der Waals surface area (Å²) in [4.78, 5) is 27.6. The van der Waals surface area contributed by atoms with Crippen molar-refractivity contribution in [2.45, 2.75) is 31.0 Å². The first kappa shape index (κ1) is 21.2. The number of nitrogens with zero attached hydrogens (tertiary/aromatic N) is 1. The summed E-state index contributed by atoms with van der Waals surface area (Å²) in [7, 11) is 0. The number of hydrogen-bond donors (Lipinski definition) is 1. The van der Waals surface area contributed by atoms with Crippen molar-refractivity contribution in [2.24, 2.45) is 0 Å². The number of piperidine rings is 1. The highest BCUT2D eigenvalue weighted by Gasteiger charge is 2.54. The second-order valence-electron chi connectivity index (χ2n) is 7.46. The topological polar surface area (TPSA) is 49.4 Å². The van der Waals surface area contributed by atoms with Crippen LogP contribution in [0.5, 0.6) is 0 Å². The minimum absolute atomic E-state index is 0.174. The molecular formula is C21H17Cl2F3N2O2. The molecule has 4 nitrogen and oxygen atoms in total. The molecule has 2 aliphatic rings. The highest BCUT2D eigenvalue weighted by molar-refractivity contribution is 6.36. The number of carbonyl (C=O) groups excluding carboxylic acids is 2. The number of hydrogen-bond acceptors (Lipinski definition) is 3. The molecule has 0 saturated carbocycles. The van der Waals surface area contributed by atoms with Gasteiger partial charge in [0.15, 0.2) is 0 Å². The maximum atomic E-state index is 13.4. The molecule has 1 spiro atoms. The highest BCUT2D eigenvalue weighted by Crippen LogP contribution is 2.49. The van der Waals surface area contributed by atoms with Crippen LogP contribution in [-0.2, 0) is 22.9 Å². The second-order valence-corrected chi connectivity index (χ2v) is 8.30. The summed E-state index contributed by atoms with van der Waals surface area (Å²) < 4.78 is 40.1. The summed E-state index contributed by atoms with van der Waals surface area (Å²) in [6.07, 6.45) is -4.31. The summed E-state index contributed by atoms with van der Waals surface area (Å²) in [5, 5.41) is 3.72. The van der Waals surface area contributed by atoms with Crippen LogP contribution in [0.1, 0.15) is 39.9 Å². The Balaban J connectivity index is 1.78. The number of halogens is 5. The predicted octanol–water partition coefficient (Wildman–Crippen LogP) is 4.82. The third-order valence-corrected chi connectivity index (χ3v) is 6.24. The lowest BCUT2D eigenvalue weighted by atomic mass is 9.81. The van der Waals surface area contributed by atoms with Crippen LogP contribution in [0.15, 0.2) is 36.4 Å². The van der Waals surface area contributed by atoms with E-state index in [1.165, 1.54) is 30.3 Å². The Kier molecular flexibility index (Phi) is 5.33.